The smallest absolute Gasteiger partial charge is 0.225 e. The average Bonchev–Trinajstić information content (AvgIpc) is 2.89. The van der Waals surface area contributed by atoms with Crippen molar-refractivity contribution in [1.82, 2.24) is 0 Å². The first kappa shape index (κ1) is 15.6. The fourth-order valence-electron chi connectivity index (χ4n) is 2.96. The number of fused-ring (bicyclic) bond motifs is 1. The second-order valence-electron chi connectivity index (χ2n) is 5.62. The van der Waals surface area contributed by atoms with E-state index in [2.05, 4.69) is 5.32 Å². The zero-order chi connectivity index (χ0) is 16.4. The van der Waals surface area contributed by atoms with E-state index in [0.29, 0.717) is 23.7 Å². The fourth-order valence-corrected chi connectivity index (χ4v) is 3.14. The van der Waals surface area contributed by atoms with Crippen molar-refractivity contribution >= 4 is 34.8 Å². The van der Waals surface area contributed by atoms with Crippen molar-refractivity contribution in [3.05, 3.63) is 59.1 Å². The monoisotopic (exact) mass is 328 g/mol. The third-order valence-electron chi connectivity index (χ3n) is 4.03. The lowest BCUT2D eigenvalue weighted by Crippen LogP contribution is -2.28. The van der Waals surface area contributed by atoms with E-state index in [9.17, 15) is 9.59 Å². The fraction of sp³-hybridized carbons (Fsp3) is 0.222. The number of anilines is 2. The van der Waals surface area contributed by atoms with Gasteiger partial charge in [0.25, 0.3) is 0 Å². The minimum absolute atomic E-state index is 0.00223. The number of benzene rings is 2. The molecule has 0 bridgehead atoms. The van der Waals surface area contributed by atoms with E-state index in [0.717, 1.165) is 11.3 Å². The first-order chi connectivity index (χ1) is 11.1. The highest BCUT2D eigenvalue weighted by Gasteiger charge is 2.31. The van der Waals surface area contributed by atoms with Gasteiger partial charge in [-0.25, -0.2) is 0 Å². The van der Waals surface area contributed by atoms with Crippen molar-refractivity contribution in [3.63, 3.8) is 0 Å². The molecule has 1 aliphatic heterocycles. The normalized spacial score (nSPS) is 16.1. The number of carbonyl (C=O) groups excluding carboxylic acids is 2. The van der Waals surface area contributed by atoms with Crippen LogP contribution >= 0.6 is 11.6 Å². The molecule has 0 saturated carbocycles. The number of nitrogens with zero attached hydrogens (tertiary/aromatic N) is 1. The highest BCUT2D eigenvalue weighted by Crippen LogP contribution is 2.38. The number of rotatable bonds is 3. The van der Waals surface area contributed by atoms with Gasteiger partial charge < -0.3 is 10.2 Å². The van der Waals surface area contributed by atoms with Crippen molar-refractivity contribution in [2.24, 2.45) is 0 Å². The Bertz CT molecular complexity index is 760. The van der Waals surface area contributed by atoms with Gasteiger partial charge >= 0.3 is 0 Å². The number of para-hydroxylation sites is 2. The number of nitrogens with one attached hydrogen (secondary N) is 1. The van der Waals surface area contributed by atoms with E-state index in [1.54, 1.807) is 24.0 Å². The third-order valence-corrected chi connectivity index (χ3v) is 4.36. The summed E-state index contributed by atoms with van der Waals surface area (Å²) in [5, 5.41) is 3.35. The van der Waals surface area contributed by atoms with Gasteiger partial charge in [-0.05, 0) is 23.8 Å². The lowest BCUT2D eigenvalue weighted by atomic mass is 9.97. The van der Waals surface area contributed by atoms with Gasteiger partial charge in [-0.15, -0.1) is 0 Å². The number of hydrogen-bond donors (Lipinski definition) is 1. The Morgan fingerprint density at radius 3 is 2.61 bits per heavy atom. The van der Waals surface area contributed by atoms with Crippen LogP contribution in [-0.4, -0.2) is 18.4 Å². The molecule has 2 aromatic rings. The maximum absolute atomic E-state index is 12.3. The molecular weight excluding hydrogens is 312 g/mol. The zero-order valence-electron chi connectivity index (χ0n) is 12.8. The van der Waals surface area contributed by atoms with Crippen molar-refractivity contribution < 1.29 is 9.59 Å². The summed E-state index contributed by atoms with van der Waals surface area (Å²) in [5.74, 6) is -0.118. The molecule has 23 heavy (non-hydrogen) atoms. The summed E-state index contributed by atoms with van der Waals surface area (Å²) in [5.41, 5.74) is 2.54. The average molecular weight is 329 g/mol. The highest BCUT2D eigenvalue weighted by molar-refractivity contribution is 6.33. The van der Waals surface area contributed by atoms with Crippen molar-refractivity contribution in [3.8, 4) is 0 Å². The van der Waals surface area contributed by atoms with E-state index in [-0.39, 0.29) is 17.7 Å². The molecule has 1 unspecified atom stereocenters. The van der Waals surface area contributed by atoms with E-state index >= 15 is 0 Å². The Morgan fingerprint density at radius 2 is 1.87 bits per heavy atom. The van der Waals surface area contributed by atoms with Crippen LogP contribution in [0, 0.1) is 0 Å². The summed E-state index contributed by atoms with van der Waals surface area (Å²) in [6.07, 6.45) is 0.312. The Kier molecular flexibility index (Phi) is 4.35. The molecule has 0 aliphatic carbocycles. The molecule has 4 nitrogen and oxygen atoms in total. The molecule has 0 saturated heterocycles. The molecule has 2 aromatic carbocycles. The van der Waals surface area contributed by atoms with Crippen molar-refractivity contribution in [1.29, 1.82) is 0 Å². The minimum Gasteiger partial charge on any atom is -0.325 e. The van der Waals surface area contributed by atoms with Gasteiger partial charge in [0.15, 0.2) is 0 Å². The molecule has 0 radical (unpaired) electrons. The van der Waals surface area contributed by atoms with E-state index in [1.165, 1.54) is 0 Å². The first-order valence-corrected chi connectivity index (χ1v) is 7.85. The second-order valence-corrected chi connectivity index (χ2v) is 6.02. The molecule has 2 amide bonds. The summed E-state index contributed by atoms with van der Waals surface area (Å²) in [4.78, 5) is 25.8. The molecule has 1 atom stereocenters. The molecule has 3 rings (SSSR count). The molecule has 5 heteroatoms. The summed E-state index contributed by atoms with van der Waals surface area (Å²) in [7, 11) is 0. The molecule has 1 aliphatic rings. The van der Waals surface area contributed by atoms with Gasteiger partial charge in [0.2, 0.25) is 11.8 Å². The Balaban J connectivity index is 1.75. The molecule has 0 spiro atoms. The van der Waals surface area contributed by atoms with Crippen LogP contribution in [0.1, 0.15) is 24.8 Å². The Hall–Kier alpha value is -2.33. The number of carbonyl (C=O) groups is 2. The summed E-state index contributed by atoms with van der Waals surface area (Å²) in [6, 6.07) is 14.9. The van der Waals surface area contributed by atoms with Gasteiger partial charge in [0.1, 0.15) is 0 Å². The predicted molar refractivity (Wildman–Crippen MR) is 91.9 cm³/mol. The number of halogens is 1. The summed E-state index contributed by atoms with van der Waals surface area (Å²) in [6.45, 7) is 2.08. The summed E-state index contributed by atoms with van der Waals surface area (Å²) < 4.78 is 0. The maximum atomic E-state index is 12.3. The summed E-state index contributed by atoms with van der Waals surface area (Å²) >= 11 is 6.06. The van der Waals surface area contributed by atoms with E-state index < -0.39 is 0 Å². The minimum atomic E-state index is -0.108. The van der Waals surface area contributed by atoms with Crippen molar-refractivity contribution in [2.45, 2.75) is 19.3 Å². The van der Waals surface area contributed by atoms with Crippen LogP contribution in [0.5, 0.6) is 0 Å². The van der Waals surface area contributed by atoms with Crippen LogP contribution in [0.4, 0.5) is 11.4 Å². The Labute approximate surface area is 140 Å². The molecule has 0 fully saturated rings. The lowest BCUT2D eigenvalue weighted by molar-refractivity contribution is -0.118. The van der Waals surface area contributed by atoms with Crippen LogP contribution in [0.25, 0.3) is 0 Å². The van der Waals surface area contributed by atoms with Crippen molar-refractivity contribution in [2.75, 3.05) is 16.8 Å². The standard InChI is InChI=1S/C18H17ClN2O2/c1-12(22)21-11-13(14-6-2-5-9-17(14)21)10-18(23)20-16-8-4-3-7-15(16)19/h2-9,13H,10-11H2,1H3,(H,20,23). The molecule has 1 heterocycles. The van der Waals surface area contributed by atoms with Gasteiger partial charge in [0, 0.05) is 31.5 Å². The van der Waals surface area contributed by atoms with Gasteiger partial charge in [0.05, 0.1) is 10.7 Å². The van der Waals surface area contributed by atoms with Crippen LogP contribution in [-0.2, 0) is 9.59 Å². The van der Waals surface area contributed by atoms with Crippen LogP contribution < -0.4 is 10.2 Å². The van der Waals surface area contributed by atoms with Gasteiger partial charge in [-0.3, -0.25) is 9.59 Å². The largest absolute Gasteiger partial charge is 0.325 e. The predicted octanol–water partition coefficient (Wildman–Crippen LogP) is 3.82. The maximum Gasteiger partial charge on any atom is 0.225 e. The van der Waals surface area contributed by atoms with E-state index in [4.69, 9.17) is 11.6 Å². The topological polar surface area (TPSA) is 49.4 Å². The van der Waals surface area contributed by atoms with Crippen LogP contribution in [0.3, 0.4) is 0 Å². The van der Waals surface area contributed by atoms with Crippen LogP contribution in [0.15, 0.2) is 48.5 Å². The SMILES string of the molecule is CC(=O)N1CC(CC(=O)Nc2ccccc2Cl)c2ccccc21. The third kappa shape index (κ3) is 3.22. The molecule has 1 N–H and O–H groups in total. The lowest BCUT2D eigenvalue weighted by Gasteiger charge is -2.15. The molecular formula is C18H17ClN2O2. The van der Waals surface area contributed by atoms with Crippen LogP contribution in [0.2, 0.25) is 5.02 Å². The highest BCUT2D eigenvalue weighted by atomic mass is 35.5. The molecule has 0 aromatic heterocycles. The number of amides is 2. The van der Waals surface area contributed by atoms with Gasteiger partial charge in [-0.2, -0.15) is 0 Å². The Morgan fingerprint density at radius 1 is 1.17 bits per heavy atom. The van der Waals surface area contributed by atoms with Gasteiger partial charge in [-0.1, -0.05) is 41.9 Å². The van der Waals surface area contributed by atoms with E-state index in [1.807, 2.05) is 36.4 Å². The molecule has 118 valence electrons. The quantitative estimate of drug-likeness (QED) is 0.931. The second kappa shape index (κ2) is 6.42. The first-order valence-electron chi connectivity index (χ1n) is 7.47. The number of hydrogen-bond acceptors (Lipinski definition) is 2. The zero-order valence-corrected chi connectivity index (χ0v) is 13.5.